The zero-order valence-electron chi connectivity index (χ0n) is 20.7. The molecule has 4 amide bonds. The van der Waals surface area contributed by atoms with Crippen molar-refractivity contribution in [3.05, 3.63) is 89.0 Å². The summed E-state index contributed by atoms with van der Waals surface area (Å²) in [6.07, 6.45) is 4.86. The summed E-state index contributed by atoms with van der Waals surface area (Å²) < 4.78 is 40.4. The number of ether oxygens (including phenoxy) is 2. The molecule has 0 radical (unpaired) electrons. The fourth-order valence-corrected chi connectivity index (χ4v) is 5.00. The molecule has 200 valence electrons. The number of terminal acetylenes is 1. The van der Waals surface area contributed by atoms with Crippen LogP contribution in [0.15, 0.2) is 60.7 Å². The Bertz CT molecular complexity index is 1650. The summed E-state index contributed by atoms with van der Waals surface area (Å²) in [6.45, 7) is -0.503. The van der Waals surface area contributed by atoms with E-state index in [2.05, 4.69) is 5.92 Å². The first kappa shape index (κ1) is 25.1. The van der Waals surface area contributed by atoms with Crippen LogP contribution in [0.25, 0.3) is 0 Å². The molecular formula is C29H19F2N3O6. The lowest BCUT2D eigenvalue weighted by molar-refractivity contribution is -0.149. The number of carbonyl (C=O) groups excluding carboxylic acids is 4. The molecule has 0 bridgehead atoms. The minimum Gasteiger partial charge on any atom is -0.471 e. The minimum absolute atomic E-state index is 0.0396. The summed E-state index contributed by atoms with van der Waals surface area (Å²) in [6, 6.07) is 14.2. The van der Waals surface area contributed by atoms with Gasteiger partial charge in [-0.2, -0.15) is 0 Å². The van der Waals surface area contributed by atoms with Gasteiger partial charge in [0.05, 0.1) is 42.1 Å². The predicted molar refractivity (Wildman–Crippen MR) is 137 cm³/mol. The summed E-state index contributed by atoms with van der Waals surface area (Å²) in [5.41, 5.74) is -1.42. The fraction of sp³-hybridized carbons (Fsp3) is 0.172. The van der Waals surface area contributed by atoms with E-state index >= 15 is 4.39 Å². The van der Waals surface area contributed by atoms with Crippen LogP contribution in [-0.4, -0.2) is 54.0 Å². The van der Waals surface area contributed by atoms with Crippen molar-refractivity contribution in [3.8, 4) is 18.1 Å². The van der Waals surface area contributed by atoms with Gasteiger partial charge >= 0.3 is 6.09 Å². The first-order valence-corrected chi connectivity index (χ1v) is 12.1. The summed E-state index contributed by atoms with van der Waals surface area (Å²) >= 11 is 0. The monoisotopic (exact) mass is 543 g/mol. The average Bonchev–Trinajstić information content (AvgIpc) is 3.16. The van der Waals surface area contributed by atoms with E-state index in [9.17, 15) is 23.6 Å². The standard InChI is InChI=1S/C29H19F2N3O6/c1-2-10-33-23-13-22(34-25(35)19-9-8-18(30)11-20(19)26(34)36)21(31)12-24(23)40-29(27(33)37)15-32(16-29)28(38)39-14-17-6-4-3-5-7-17/h1,3-9,11-13H,10,14-16H2. The van der Waals surface area contributed by atoms with Crippen LogP contribution in [0.5, 0.6) is 5.75 Å². The lowest BCUT2D eigenvalue weighted by Crippen LogP contribution is -2.74. The van der Waals surface area contributed by atoms with E-state index in [-0.39, 0.29) is 48.8 Å². The molecule has 40 heavy (non-hydrogen) atoms. The number of hydrogen-bond donors (Lipinski definition) is 0. The Balaban J connectivity index is 1.26. The number of hydrogen-bond acceptors (Lipinski definition) is 6. The van der Waals surface area contributed by atoms with Crippen LogP contribution in [0, 0.1) is 24.0 Å². The molecule has 0 N–H and O–H groups in total. The van der Waals surface area contributed by atoms with Gasteiger partial charge in [0.2, 0.25) is 5.60 Å². The largest absolute Gasteiger partial charge is 0.471 e. The smallest absolute Gasteiger partial charge is 0.410 e. The first-order chi connectivity index (χ1) is 19.2. The van der Waals surface area contributed by atoms with Crippen molar-refractivity contribution in [2.45, 2.75) is 12.2 Å². The van der Waals surface area contributed by atoms with Crippen LogP contribution in [0.1, 0.15) is 26.3 Å². The summed E-state index contributed by atoms with van der Waals surface area (Å²) in [5, 5.41) is 0. The fourth-order valence-electron chi connectivity index (χ4n) is 5.00. The van der Waals surface area contributed by atoms with E-state index in [0.29, 0.717) is 4.90 Å². The quantitative estimate of drug-likeness (QED) is 0.369. The number of fused-ring (bicyclic) bond motifs is 2. The zero-order chi connectivity index (χ0) is 28.2. The second-order valence-corrected chi connectivity index (χ2v) is 9.49. The highest BCUT2D eigenvalue weighted by Gasteiger charge is 2.58. The molecule has 11 heteroatoms. The van der Waals surface area contributed by atoms with Gasteiger partial charge in [-0.05, 0) is 29.8 Å². The number of imide groups is 1. The van der Waals surface area contributed by atoms with Crippen molar-refractivity contribution in [1.29, 1.82) is 0 Å². The van der Waals surface area contributed by atoms with Gasteiger partial charge in [-0.15, -0.1) is 6.42 Å². The molecule has 3 aliphatic rings. The van der Waals surface area contributed by atoms with Gasteiger partial charge in [0.15, 0.2) is 5.82 Å². The molecule has 9 nitrogen and oxygen atoms in total. The van der Waals surface area contributed by atoms with Crippen LogP contribution in [0.3, 0.4) is 0 Å². The van der Waals surface area contributed by atoms with Crippen molar-refractivity contribution < 1.29 is 37.4 Å². The topological polar surface area (TPSA) is 96.5 Å². The number of rotatable bonds is 4. The molecule has 3 aliphatic heterocycles. The summed E-state index contributed by atoms with van der Waals surface area (Å²) in [7, 11) is 0. The van der Waals surface area contributed by atoms with E-state index in [1.807, 2.05) is 18.2 Å². The first-order valence-electron chi connectivity index (χ1n) is 12.1. The Labute approximate surface area is 226 Å². The zero-order valence-corrected chi connectivity index (χ0v) is 20.7. The molecule has 3 heterocycles. The molecular weight excluding hydrogens is 524 g/mol. The number of halogens is 2. The van der Waals surface area contributed by atoms with Crippen molar-refractivity contribution >= 4 is 35.2 Å². The molecule has 3 aromatic carbocycles. The number of amides is 4. The maximum atomic E-state index is 15.4. The molecule has 1 saturated heterocycles. The van der Waals surface area contributed by atoms with Crippen molar-refractivity contribution in [2.24, 2.45) is 0 Å². The number of likely N-dealkylation sites (tertiary alicyclic amines) is 1. The van der Waals surface area contributed by atoms with Crippen LogP contribution >= 0.6 is 0 Å². The van der Waals surface area contributed by atoms with Crippen LogP contribution in [0.4, 0.5) is 25.0 Å². The molecule has 1 spiro atoms. The highest BCUT2D eigenvalue weighted by molar-refractivity contribution is 6.34. The van der Waals surface area contributed by atoms with E-state index in [1.165, 1.54) is 9.80 Å². The summed E-state index contributed by atoms with van der Waals surface area (Å²) in [4.78, 5) is 55.0. The van der Waals surface area contributed by atoms with E-state index in [0.717, 1.165) is 35.9 Å². The molecule has 0 atom stereocenters. The van der Waals surface area contributed by atoms with Crippen LogP contribution < -0.4 is 14.5 Å². The number of anilines is 2. The van der Waals surface area contributed by atoms with Crippen molar-refractivity contribution in [1.82, 2.24) is 4.90 Å². The predicted octanol–water partition coefficient (Wildman–Crippen LogP) is 3.52. The van der Waals surface area contributed by atoms with Crippen molar-refractivity contribution in [3.63, 3.8) is 0 Å². The van der Waals surface area contributed by atoms with Gasteiger partial charge in [-0.3, -0.25) is 24.2 Å². The maximum Gasteiger partial charge on any atom is 0.410 e. The van der Waals surface area contributed by atoms with E-state index in [1.54, 1.807) is 12.1 Å². The Morgan fingerprint density at radius 1 is 0.975 bits per heavy atom. The Morgan fingerprint density at radius 2 is 1.70 bits per heavy atom. The summed E-state index contributed by atoms with van der Waals surface area (Å²) in [5.74, 6) is -1.73. The third-order valence-electron chi connectivity index (χ3n) is 6.95. The van der Waals surface area contributed by atoms with Gasteiger partial charge in [-0.25, -0.2) is 18.5 Å². The van der Waals surface area contributed by atoms with Crippen LogP contribution in [0.2, 0.25) is 0 Å². The van der Waals surface area contributed by atoms with Gasteiger partial charge in [0, 0.05) is 6.07 Å². The SMILES string of the molecule is C#CCN1C(=O)C2(CN(C(=O)OCc3ccccc3)C2)Oc2cc(F)c(N3C(=O)c4ccc(F)cc4C3=O)cc21. The maximum absolute atomic E-state index is 15.4. The minimum atomic E-state index is -1.52. The normalized spacial score (nSPS) is 16.7. The number of nitrogens with zero attached hydrogens (tertiary/aromatic N) is 3. The van der Waals surface area contributed by atoms with E-state index in [4.69, 9.17) is 15.9 Å². The highest BCUT2D eigenvalue weighted by atomic mass is 19.1. The van der Waals surface area contributed by atoms with Gasteiger partial charge in [0.25, 0.3) is 17.7 Å². The second-order valence-electron chi connectivity index (χ2n) is 9.49. The molecule has 3 aromatic rings. The van der Waals surface area contributed by atoms with E-state index < -0.39 is 46.7 Å². The highest BCUT2D eigenvalue weighted by Crippen LogP contribution is 2.45. The Kier molecular flexibility index (Phi) is 5.76. The molecule has 6 rings (SSSR count). The Hall–Kier alpha value is -5.24. The van der Waals surface area contributed by atoms with Gasteiger partial charge < -0.3 is 9.47 Å². The molecule has 0 saturated carbocycles. The van der Waals surface area contributed by atoms with Gasteiger partial charge in [-0.1, -0.05) is 36.3 Å². The lowest BCUT2D eigenvalue weighted by atomic mass is 9.90. The molecule has 1 fully saturated rings. The molecule has 0 unspecified atom stereocenters. The third-order valence-corrected chi connectivity index (χ3v) is 6.95. The number of carbonyl (C=O) groups is 4. The molecule has 0 aliphatic carbocycles. The van der Waals surface area contributed by atoms with Crippen LogP contribution in [-0.2, 0) is 16.1 Å². The molecule has 0 aromatic heterocycles. The Morgan fingerprint density at radius 3 is 2.42 bits per heavy atom. The van der Waals surface area contributed by atoms with Crippen molar-refractivity contribution in [2.75, 3.05) is 29.4 Å². The van der Waals surface area contributed by atoms with Gasteiger partial charge in [0.1, 0.15) is 18.2 Å². The number of benzene rings is 3. The second kappa shape index (κ2) is 9.20. The average molecular weight is 543 g/mol. The third kappa shape index (κ3) is 3.84. The lowest BCUT2D eigenvalue weighted by Gasteiger charge is -2.51.